The van der Waals surface area contributed by atoms with Crippen molar-refractivity contribution >= 4 is 11.8 Å². The van der Waals surface area contributed by atoms with E-state index in [2.05, 4.69) is 25.8 Å². The Kier molecular flexibility index (Phi) is 8.09. The van der Waals surface area contributed by atoms with Gasteiger partial charge < -0.3 is 20.4 Å². The normalized spacial score (nSPS) is 20.2. The smallest absolute Gasteiger partial charge is 0.251 e. The number of carbonyl (C=O) groups is 2. The highest BCUT2D eigenvalue weighted by Gasteiger charge is 2.37. The van der Waals surface area contributed by atoms with Crippen molar-refractivity contribution < 1.29 is 14.0 Å². The molecule has 10 heteroatoms. The molecule has 2 fully saturated rings. The van der Waals surface area contributed by atoms with Crippen LogP contribution in [0.1, 0.15) is 41.1 Å². The molecule has 3 aromatic rings. The zero-order valence-electron chi connectivity index (χ0n) is 21.6. The molecule has 2 aromatic carbocycles. The maximum absolute atomic E-state index is 13.4. The summed E-state index contributed by atoms with van der Waals surface area (Å²) < 4.78 is 14.8. The van der Waals surface area contributed by atoms with Crippen molar-refractivity contribution in [2.24, 2.45) is 0 Å². The van der Waals surface area contributed by atoms with E-state index in [9.17, 15) is 14.0 Å². The van der Waals surface area contributed by atoms with E-state index in [1.165, 1.54) is 12.1 Å². The fourth-order valence-electron chi connectivity index (χ4n) is 4.95. The molecule has 1 unspecified atom stereocenters. The number of nitrogens with zero attached hydrogens (tertiary/aromatic N) is 5. The van der Waals surface area contributed by atoms with Gasteiger partial charge >= 0.3 is 0 Å². The number of halogens is 1. The third kappa shape index (κ3) is 6.43. The Morgan fingerprint density at radius 3 is 2.47 bits per heavy atom. The van der Waals surface area contributed by atoms with Crippen molar-refractivity contribution in [3.05, 3.63) is 77.9 Å². The lowest BCUT2D eigenvalue weighted by Crippen LogP contribution is -2.54. The molecule has 1 saturated carbocycles. The van der Waals surface area contributed by atoms with Crippen molar-refractivity contribution in [3.8, 4) is 5.69 Å². The minimum Gasteiger partial charge on any atom is -0.340 e. The average molecular weight is 520 g/mol. The highest BCUT2D eigenvalue weighted by Crippen LogP contribution is 2.40. The summed E-state index contributed by atoms with van der Waals surface area (Å²) in [5.74, 6) is -0.114. The summed E-state index contributed by atoms with van der Waals surface area (Å²) in [6.07, 6.45) is 5.65. The minimum atomic E-state index is -0.588. The highest BCUT2D eigenvalue weighted by atomic mass is 19.1. The molecule has 2 aliphatic rings. The number of carbonyl (C=O) groups excluding carboxylic acids is 2. The van der Waals surface area contributed by atoms with Gasteiger partial charge in [0, 0.05) is 43.7 Å². The van der Waals surface area contributed by atoms with E-state index in [1.54, 1.807) is 41.3 Å². The Labute approximate surface area is 222 Å². The van der Waals surface area contributed by atoms with Gasteiger partial charge in [0.05, 0.1) is 18.1 Å². The van der Waals surface area contributed by atoms with Crippen LogP contribution in [0.5, 0.6) is 0 Å². The van der Waals surface area contributed by atoms with Gasteiger partial charge in [-0.3, -0.25) is 9.59 Å². The fourth-order valence-corrected chi connectivity index (χ4v) is 4.95. The average Bonchev–Trinajstić information content (AvgIpc) is 3.49. The first-order chi connectivity index (χ1) is 18.5. The molecule has 2 N–H and O–H groups in total. The number of hydrogen-bond donors (Lipinski definition) is 2. The van der Waals surface area contributed by atoms with Crippen LogP contribution in [0.4, 0.5) is 4.39 Å². The number of hydrogen-bond acceptors (Lipinski definition) is 6. The van der Waals surface area contributed by atoms with Gasteiger partial charge in [0.15, 0.2) is 0 Å². The largest absolute Gasteiger partial charge is 0.340 e. The molecule has 5 rings (SSSR count). The number of rotatable bonds is 10. The van der Waals surface area contributed by atoms with E-state index in [4.69, 9.17) is 0 Å². The summed E-state index contributed by atoms with van der Waals surface area (Å²) in [7, 11) is 2.05. The van der Waals surface area contributed by atoms with Gasteiger partial charge in [0.2, 0.25) is 5.91 Å². The summed E-state index contributed by atoms with van der Waals surface area (Å²) in [6.45, 7) is 3.72. The maximum atomic E-state index is 13.4. The Balaban J connectivity index is 1.16. The Morgan fingerprint density at radius 1 is 1.05 bits per heavy atom. The van der Waals surface area contributed by atoms with E-state index in [1.807, 2.05) is 24.1 Å². The van der Waals surface area contributed by atoms with Gasteiger partial charge in [-0.2, -0.15) is 0 Å². The molecule has 9 nitrogen and oxygen atoms in total. The van der Waals surface area contributed by atoms with Crippen molar-refractivity contribution in [3.63, 3.8) is 0 Å². The number of piperazine rings is 1. The summed E-state index contributed by atoms with van der Waals surface area (Å²) in [5, 5.41) is 14.3. The second kappa shape index (κ2) is 11.8. The number of amides is 2. The molecule has 0 radical (unpaired) electrons. The Morgan fingerprint density at radius 2 is 1.79 bits per heavy atom. The van der Waals surface area contributed by atoms with Gasteiger partial charge in [-0.1, -0.05) is 17.3 Å². The van der Waals surface area contributed by atoms with E-state index < -0.39 is 6.04 Å². The SMILES string of the molecule is CN1CCN(C(=O)[C@H](CCCNC2C[C@H]2c2ccc(F)cc2)NC(=O)c2ccc(-n3ccnn3)cc2)CC1. The molecule has 38 heavy (non-hydrogen) atoms. The summed E-state index contributed by atoms with van der Waals surface area (Å²) in [6, 6.07) is 13.5. The van der Waals surface area contributed by atoms with Gasteiger partial charge in [0.1, 0.15) is 11.9 Å². The zero-order valence-corrected chi connectivity index (χ0v) is 21.6. The van der Waals surface area contributed by atoms with Crippen LogP contribution >= 0.6 is 0 Å². The minimum absolute atomic E-state index is 0.0266. The van der Waals surface area contributed by atoms with Crippen LogP contribution in [0, 0.1) is 5.82 Å². The fraction of sp³-hybridized carbons (Fsp3) is 0.429. The lowest BCUT2D eigenvalue weighted by atomic mass is 10.1. The Bertz CT molecular complexity index is 1210. The highest BCUT2D eigenvalue weighted by molar-refractivity contribution is 5.97. The monoisotopic (exact) mass is 519 g/mol. The van der Waals surface area contributed by atoms with E-state index in [0.29, 0.717) is 37.0 Å². The standard InChI is InChI=1S/C28H34FN7O2/c1-34-15-17-35(18-16-34)28(38)25(3-2-12-30-26-19-24(26)20-4-8-22(29)9-5-20)32-27(37)21-6-10-23(11-7-21)36-14-13-31-33-36/h4-11,13-14,24-26,30H,2-3,12,15-19H2,1H3,(H,32,37)/t24-,25-,26?/m0/s1. The van der Waals surface area contributed by atoms with Crippen molar-refractivity contribution in [2.75, 3.05) is 39.8 Å². The maximum Gasteiger partial charge on any atom is 0.251 e. The molecule has 1 aromatic heterocycles. The van der Waals surface area contributed by atoms with Crippen LogP contribution in [-0.2, 0) is 4.79 Å². The molecular weight excluding hydrogens is 485 g/mol. The van der Waals surface area contributed by atoms with Gasteiger partial charge in [0.25, 0.3) is 5.91 Å². The van der Waals surface area contributed by atoms with Crippen LogP contribution in [0.15, 0.2) is 60.9 Å². The number of likely N-dealkylation sites (N-methyl/N-ethyl adjacent to an activating group) is 1. The van der Waals surface area contributed by atoms with Crippen LogP contribution in [0.2, 0.25) is 0 Å². The molecule has 1 aliphatic heterocycles. The van der Waals surface area contributed by atoms with E-state index >= 15 is 0 Å². The molecule has 2 amide bonds. The van der Waals surface area contributed by atoms with Crippen LogP contribution in [0.25, 0.3) is 5.69 Å². The molecule has 200 valence electrons. The lowest BCUT2D eigenvalue weighted by Gasteiger charge is -2.34. The van der Waals surface area contributed by atoms with Crippen molar-refractivity contribution in [2.45, 2.75) is 37.3 Å². The number of benzene rings is 2. The third-order valence-corrected chi connectivity index (χ3v) is 7.40. The van der Waals surface area contributed by atoms with Gasteiger partial charge in [-0.15, -0.1) is 5.10 Å². The second-order valence-electron chi connectivity index (χ2n) is 10.1. The predicted octanol–water partition coefficient (Wildman–Crippen LogP) is 2.20. The van der Waals surface area contributed by atoms with Crippen LogP contribution in [0.3, 0.4) is 0 Å². The topological polar surface area (TPSA) is 95.4 Å². The predicted molar refractivity (Wildman–Crippen MR) is 141 cm³/mol. The first kappa shape index (κ1) is 26.0. The zero-order chi connectivity index (χ0) is 26.5. The molecule has 0 spiro atoms. The summed E-state index contributed by atoms with van der Waals surface area (Å²) >= 11 is 0. The molecule has 1 aliphatic carbocycles. The van der Waals surface area contributed by atoms with Crippen molar-refractivity contribution in [1.29, 1.82) is 0 Å². The number of aromatic nitrogens is 3. The summed E-state index contributed by atoms with van der Waals surface area (Å²) in [4.78, 5) is 30.6. The molecule has 1 saturated heterocycles. The first-order valence-electron chi connectivity index (χ1n) is 13.2. The molecule has 0 bridgehead atoms. The van der Waals surface area contributed by atoms with Gasteiger partial charge in [-0.25, -0.2) is 9.07 Å². The van der Waals surface area contributed by atoms with Crippen LogP contribution < -0.4 is 10.6 Å². The summed E-state index contributed by atoms with van der Waals surface area (Å²) in [5.41, 5.74) is 2.44. The quantitative estimate of drug-likeness (QED) is 0.399. The second-order valence-corrected chi connectivity index (χ2v) is 10.1. The van der Waals surface area contributed by atoms with E-state index in [-0.39, 0.29) is 17.6 Å². The molecule has 3 atom stereocenters. The first-order valence-corrected chi connectivity index (χ1v) is 13.2. The van der Waals surface area contributed by atoms with Crippen LogP contribution in [-0.4, -0.2) is 88.5 Å². The van der Waals surface area contributed by atoms with Gasteiger partial charge in [-0.05, 0) is 74.8 Å². The number of nitrogens with one attached hydrogen (secondary N) is 2. The van der Waals surface area contributed by atoms with E-state index in [0.717, 1.165) is 43.7 Å². The van der Waals surface area contributed by atoms with Crippen molar-refractivity contribution in [1.82, 2.24) is 35.4 Å². The molecule has 2 heterocycles. The third-order valence-electron chi connectivity index (χ3n) is 7.40. The molecular formula is C28H34FN7O2. The lowest BCUT2D eigenvalue weighted by molar-refractivity contribution is -0.135. The Hall–Kier alpha value is -3.63.